The quantitative estimate of drug-likeness (QED) is 0.663. The zero-order valence-corrected chi connectivity index (χ0v) is 17.8. The SMILES string of the molecule is COc1ccc(/C=C/C(=O)N=C2N=C3C=CC(Cl)=CN3Cc3ccccc32)cc1OC. The molecule has 2 aromatic carbocycles. The minimum absolute atomic E-state index is 0.367. The standard InChI is InChI=1S/C24H20ClN3O3/c1-30-20-10-7-16(13-21(20)31-2)8-12-23(29)27-24-19-6-4-3-5-17(19)14-28-15-18(25)9-11-22(28)26-24/h3-13,15H,14H2,1-2H3/b12-8+,27-24?. The van der Waals surface area contributed by atoms with Crippen LogP contribution in [0.4, 0.5) is 0 Å². The number of allylic oxidation sites excluding steroid dienone is 2. The van der Waals surface area contributed by atoms with E-state index in [4.69, 9.17) is 21.1 Å². The van der Waals surface area contributed by atoms with E-state index in [0.717, 1.165) is 16.7 Å². The van der Waals surface area contributed by atoms with Crippen LogP contribution in [0.2, 0.25) is 0 Å². The maximum absolute atomic E-state index is 12.6. The fourth-order valence-electron chi connectivity index (χ4n) is 3.32. The van der Waals surface area contributed by atoms with E-state index in [1.54, 1.807) is 38.5 Å². The van der Waals surface area contributed by atoms with Gasteiger partial charge in [0.1, 0.15) is 5.84 Å². The average Bonchev–Trinajstić information content (AvgIpc) is 2.93. The van der Waals surface area contributed by atoms with Crippen molar-refractivity contribution in [1.82, 2.24) is 4.90 Å². The van der Waals surface area contributed by atoms with Crippen molar-refractivity contribution in [3.05, 3.63) is 88.6 Å². The Balaban J connectivity index is 1.65. The number of carbonyl (C=O) groups is 1. The van der Waals surface area contributed by atoms with Gasteiger partial charge in [0.05, 0.1) is 19.3 Å². The second kappa shape index (κ2) is 9.02. The first kappa shape index (κ1) is 20.6. The van der Waals surface area contributed by atoms with Crippen LogP contribution < -0.4 is 9.47 Å². The molecule has 2 aliphatic rings. The highest BCUT2D eigenvalue weighted by Gasteiger charge is 2.21. The predicted octanol–water partition coefficient (Wildman–Crippen LogP) is 4.55. The molecular formula is C24H20ClN3O3. The summed E-state index contributed by atoms with van der Waals surface area (Å²) in [5, 5.41) is 0.616. The van der Waals surface area contributed by atoms with E-state index >= 15 is 0 Å². The Morgan fingerprint density at radius 1 is 1.13 bits per heavy atom. The van der Waals surface area contributed by atoms with Gasteiger partial charge in [-0.3, -0.25) is 4.79 Å². The highest BCUT2D eigenvalue weighted by atomic mass is 35.5. The molecule has 0 atom stereocenters. The van der Waals surface area contributed by atoms with E-state index in [0.29, 0.717) is 34.7 Å². The topological polar surface area (TPSA) is 63.5 Å². The summed E-state index contributed by atoms with van der Waals surface area (Å²) in [6.45, 7) is 0.588. The number of aliphatic imine (C=N–C) groups is 2. The third-order valence-corrected chi connectivity index (χ3v) is 5.05. The molecule has 0 fully saturated rings. The molecule has 0 saturated carbocycles. The highest BCUT2D eigenvalue weighted by molar-refractivity contribution is 6.32. The van der Waals surface area contributed by atoms with Gasteiger partial charge in [-0.05, 0) is 41.5 Å². The molecule has 2 aromatic rings. The van der Waals surface area contributed by atoms with Crippen LogP contribution in [0.5, 0.6) is 11.5 Å². The summed E-state index contributed by atoms with van der Waals surface area (Å²) in [7, 11) is 3.14. The molecule has 0 radical (unpaired) electrons. The number of carbonyl (C=O) groups excluding carboxylic acids is 1. The van der Waals surface area contributed by atoms with Crippen LogP contribution in [-0.4, -0.2) is 36.7 Å². The summed E-state index contributed by atoms with van der Waals surface area (Å²) in [6.07, 6.45) is 8.49. The van der Waals surface area contributed by atoms with Crippen LogP contribution in [-0.2, 0) is 11.3 Å². The van der Waals surface area contributed by atoms with Crippen molar-refractivity contribution < 1.29 is 14.3 Å². The van der Waals surface area contributed by atoms with Crippen molar-refractivity contribution >= 4 is 35.3 Å². The number of methoxy groups -OCH3 is 2. The number of fused-ring (bicyclic) bond motifs is 2. The highest BCUT2D eigenvalue weighted by Crippen LogP contribution is 2.28. The number of halogens is 1. The lowest BCUT2D eigenvalue weighted by molar-refractivity contribution is -0.113. The summed E-state index contributed by atoms with van der Waals surface area (Å²) >= 11 is 6.15. The first-order chi connectivity index (χ1) is 15.1. The molecule has 6 nitrogen and oxygen atoms in total. The predicted molar refractivity (Wildman–Crippen MR) is 123 cm³/mol. The van der Waals surface area contributed by atoms with E-state index in [1.165, 1.54) is 6.08 Å². The van der Waals surface area contributed by atoms with Gasteiger partial charge in [0.25, 0.3) is 5.91 Å². The fraction of sp³-hybridized carbons (Fsp3) is 0.125. The van der Waals surface area contributed by atoms with Gasteiger partial charge >= 0.3 is 0 Å². The van der Waals surface area contributed by atoms with E-state index in [-0.39, 0.29) is 0 Å². The van der Waals surface area contributed by atoms with Crippen molar-refractivity contribution in [3.63, 3.8) is 0 Å². The van der Waals surface area contributed by atoms with Crippen molar-refractivity contribution in [3.8, 4) is 11.5 Å². The number of hydrogen-bond acceptors (Lipinski definition) is 4. The Kier molecular flexibility index (Phi) is 6.00. The van der Waals surface area contributed by atoms with Gasteiger partial charge in [0.15, 0.2) is 17.3 Å². The summed E-state index contributed by atoms with van der Waals surface area (Å²) < 4.78 is 10.5. The molecule has 31 heavy (non-hydrogen) atoms. The summed E-state index contributed by atoms with van der Waals surface area (Å²) in [5.41, 5.74) is 2.61. The van der Waals surface area contributed by atoms with Gasteiger partial charge in [-0.1, -0.05) is 41.9 Å². The maximum atomic E-state index is 12.6. The minimum Gasteiger partial charge on any atom is -0.493 e. The number of amides is 1. The van der Waals surface area contributed by atoms with Crippen LogP contribution in [0.3, 0.4) is 0 Å². The monoisotopic (exact) mass is 433 g/mol. The van der Waals surface area contributed by atoms with Crippen molar-refractivity contribution in [2.45, 2.75) is 6.54 Å². The van der Waals surface area contributed by atoms with Gasteiger partial charge in [0.2, 0.25) is 0 Å². The Morgan fingerprint density at radius 3 is 2.74 bits per heavy atom. The van der Waals surface area contributed by atoms with Crippen LogP contribution in [0, 0.1) is 0 Å². The van der Waals surface area contributed by atoms with Gasteiger partial charge in [0, 0.05) is 24.4 Å². The fourth-order valence-corrected chi connectivity index (χ4v) is 3.50. The van der Waals surface area contributed by atoms with Crippen LogP contribution in [0.1, 0.15) is 16.7 Å². The van der Waals surface area contributed by atoms with Crippen molar-refractivity contribution in [2.75, 3.05) is 14.2 Å². The molecule has 0 N–H and O–H groups in total. The molecule has 1 amide bonds. The number of rotatable bonds is 4. The lowest BCUT2D eigenvalue weighted by Crippen LogP contribution is -2.25. The minimum atomic E-state index is -0.411. The lowest BCUT2D eigenvalue weighted by Gasteiger charge is -2.21. The number of nitrogens with zero attached hydrogens (tertiary/aromatic N) is 3. The zero-order valence-electron chi connectivity index (χ0n) is 17.1. The third kappa shape index (κ3) is 4.59. The summed E-state index contributed by atoms with van der Waals surface area (Å²) in [4.78, 5) is 23.5. The lowest BCUT2D eigenvalue weighted by atomic mass is 10.1. The molecule has 2 heterocycles. The molecule has 0 bridgehead atoms. The van der Waals surface area contributed by atoms with Gasteiger partial charge < -0.3 is 14.4 Å². The molecule has 156 valence electrons. The third-order valence-electron chi connectivity index (χ3n) is 4.83. The Bertz CT molecular complexity index is 1180. The molecule has 7 heteroatoms. The second-order valence-corrected chi connectivity index (χ2v) is 7.26. The summed E-state index contributed by atoms with van der Waals surface area (Å²) in [6, 6.07) is 13.2. The number of hydrogen-bond donors (Lipinski definition) is 0. The average molecular weight is 434 g/mol. The number of ether oxygens (including phenoxy) is 2. The molecule has 0 saturated heterocycles. The largest absolute Gasteiger partial charge is 0.493 e. The van der Waals surface area contributed by atoms with E-state index < -0.39 is 5.91 Å². The summed E-state index contributed by atoms with van der Waals surface area (Å²) in [5.74, 6) is 1.84. The normalized spacial score (nSPS) is 16.4. The molecule has 2 aliphatic heterocycles. The first-order valence-corrected chi connectivity index (χ1v) is 9.97. The Labute approximate surface area is 185 Å². The van der Waals surface area contributed by atoms with Gasteiger partial charge in [-0.2, -0.15) is 4.99 Å². The van der Waals surface area contributed by atoms with E-state index in [1.807, 2.05) is 47.5 Å². The van der Waals surface area contributed by atoms with E-state index in [9.17, 15) is 4.79 Å². The van der Waals surface area contributed by atoms with Crippen LogP contribution in [0.25, 0.3) is 6.08 Å². The Morgan fingerprint density at radius 2 is 1.94 bits per heavy atom. The number of amidine groups is 2. The second-order valence-electron chi connectivity index (χ2n) is 6.82. The smallest absolute Gasteiger partial charge is 0.271 e. The van der Waals surface area contributed by atoms with Gasteiger partial charge in [-0.25, -0.2) is 4.99 Å². The molecule has 0 aliphatic carbocycles. The first-order valence-electron chi connectivity index (χ1n) is 9.59. The number of benzene rings is 2. The van der Waals surface area contributed by atoms with Crippen molar-refractivity contribution in [2.24, 2.45) is 9.98 Å². The molecule has 0 unspecified atom stereocenters. The molecule has 0 aromatic heterocycles. The Hall–Kier alpha value is -3.64. The molecule has 0 spiro atoms. The zero-order chi connectivity index (χ0) is 21.8. The van der Waals surface area contributed by atoms with E-state index in [2.05, 4.69) is 9.98 Å². The van der Waals surface area contributed by atoms with Crippen LogP contribution in [0.15, 0.2) is 81.9 Å². The maximum Gasteiger partial charge on any atom is 0.271 e. The van der Waals surface area contributed by atoms with Gasteiger partial charge in [-0.15, -0.1) is 0 Å². The molecular weight excluding hydrogens is 414 g/mol. The van der Waals surface area contributed by atoms with Crippen LogP contribution >= 0.6 is 11.6 Å². The molecule has 4 rings (SSSR count). The van der Waals surface area contributed by atoms with Crippen molar-refractivity contribution in [1.29, 1.82) is 0 Å².